The van der Waals surface area contributed by atoms with Gasteiger partial charge in [0.1, 0.15) is 11.1 Å². The Balaban J connectivity index is 2.28. The highest BCUT2D eigenvalue weighted by Gasteiger charge is 2.58. The minimum Gasteiger partial charge on any atom is -0.477 e. The Morgan fingerprint density at radius 2 is 2.09 bits per heavy atom. The smallest absolute Gasteiger partial charge is 0.477 e. The van der Waals surface area contributed by atoms with Gasteiger partial charge in [0.15, 0.2) is 12.3 Å². The van der Waals surface area contributed by atoms with Gasteiger partial charge in [0.25, 0.3) is 5.91 Å². The fraction of sp³-hybridized carbons (Fsp3) is 0.545. The number of alkyl halides is 3. The van der Waals surface area contributed by atoms with Gasteiger partial charge in [0.05, 0.1) is 0 Å². The summed E-state index contributed by atoms with van der Waals surface area (Å²) in [4.78, 5) is 34.7. The molecule has 3 N–H and O–H groups in total. The number of amides is 1. The average Bonchev–Trinajstić information content (AvgIpc) is 2.41. The molecule has 2 aliphatic rings. The van der Waals surface area contributed by atoms with Gasteiger partial charge < -0.3 is 9.84 Å². The second kappa shape index (κ2) is 6.02. The van der Waals surface area contributed by atoms with Crippen LogP contribution in [0, 0.1) is 0 Å². The van der Waals surface area contributed by atoms with Crippen LogP contribution in [-0.4, -0.2) is 57.7 Å². The molecule has 1 amide bonds. The summed E-state index contributed by atoms with van der Waals surface area (Å²) in [6.07, 6.45) is -8.25. The number of thioether (sulfide) groups is 1. The lowest BCUT2D eigenvalue weighted by Crippen LogP contribution is -2.67. The Labute approximate surface area is 131 Å². The third kappa shape index (κ3) is 3.43. The highest BCUT2D eigenvalue weighted by Crippen LogP contribution is 2.43. The largest absolute Gasteiger partial charge is 0.523 e. The van der Waals surface area contributed by atoms with E-state index in [-0.39, 0.29) is 11.3 Å². The van der Waals surface area contributed by atoms with Gasteiger partial charge in [-0.2, -0.15) is 0 Å². The van der Waals surface area contributed by atoms with E-state index in [9.17, 15) is 32.7 Å². The number of halogens is 3. The molecule has 2 heterocycles. The van der Waals surface area contributed by atoms with Crippen LogP contribution in [0.3, 0.4) is 0 Å². The van der Waals surface area contributed by atoms with Crippen LogP contribution < -0.4 is 5.73 Å². The van der Waals surface area contributed by atoms with Gasteiger partial charge >= 0.3 is 18.3 Å². The average molecular weight is 356 g/mol. The van der Waals surface area contributed by atoms with Crippen molar-refractivity contribution in [2.75, 3.05) is 5.75 Å². The molecule has 1 saturated heterocycles. The standard InChI is InChI=1S/C11H11F3N2O6S/c1-3(17)21-7(15)4-2-23-9-6(22-11(12,13)14)8(18)16(9)5(4)10(19)20/h6-7,9H,2,15H2,1H3,(H,19,20)/t6-,7?,9-/m1/s1. The predicted molar refractivity (Wildman–Crippen MR) is 68.4 cm³/mol. The summed E-state index contributed by atoms with van der Waals surface area (Å²) in [7, 11) is 0. The summed E-state index contributed by atoms with van der Waals surface area (Å²) in [6.45, 7) is 1.06. The SMILES string of the molecule is CC(=O)OC(N)C1=C(C(=O)O)N2C(=O)[C@@H](OC(F)(F)F)[C@H]2SC1. The fourth-order valence-corrected chi connectivity index (χ4v) is 3.55. The van der Waals surface area contributed by atoms with Gasteiger partial charge in [0, 0.05) is 18.2 Å². The molecular weight excluding hydrogens is 345 g/mol. The van der Waals surface area contributed by atoms with Crippen molar-refractivity contribution in [2.24, 2.45) is 5.73 Å². The molecule has 1 unspecified atom stereocenters. The molecule has 0 bridgehead atoms. The zero-order valence-corrected chi connectivity index (χ0v) is 12.3. The zero-order valence-electron chi connectivity index (χ0n) is 11.5. The fourth-order valence-electron chi connectivity index (χ4n) is 2.20. The maximum atomic E-state index is 12.3. The number of hydrogen-bond donors (Lipinski definition) is 2. The first-order chi connectivity index (χ1) is 10.5. The van der Waals surface area contributed by atoms with Crippen LogP contribution in [-0.2, 0) is 23.9 Å². The number of fused-ring (bicyclic) bond motifs is 1. The molecule has 128 valence electrons. The monoisotopic (exact) mass is 356 g/mol. The molecule has 2 aliphatic heterocycles. The van der Waals surface area contributed by atoms with E-state index in [1.807, 2.05) is 0 Å². The van der Waals surface area contributed by atoms with Crippen LogP contribution in [0.4, 0.5) is 13.2 Å². The zero-order chi connectivity index (χ0) is 17.5. The van der Waals surface area contributed by atoms with Gasteiger partial charge in [-0.25, -0.2) is 4.79 Å². The van der Waals surface area contributed by atoms with E-state index in [1.54, 1.807) is 0 Å². The molecule has 23 heavy (non-hydrogen) atoms. The Bertz CT molecular complexity index is 593. The maximum absolute atomic E-state index is 12.3. The summed E-state index contributed by atoms with van der Waals surface area (Å²) < 4.78 is 45.1. The van der Waals surface area contributed by atoms with Crippen LogP contribution in [0.1, 0.15) is 6.92 Å². The third-order valence-corrected chi connectivity index (χ3v) is 4.33. The molecule has 0 radical (unpaired) electrons. The van der Waals surface area contributed by atoms with Crippen molar-refractivity contribution in [3.63, 3.8) is 0 Å². The van der Waals surface area contributed by atoms with Crippen LogP contribution in [0.5, 0.6) is 0 Å². The number of hydrogen-bond acceptors (Lipinski definition) is 7. The first-order valence-corrected chi connectivity index (χ1v) is 7.16. The summed E-state index contributed by atoms with van der Waals surface area (Å²) >= 11 is 0.838. The van der Waals surface area contributed by atoms with Crippen LogP contribution in [0.25, 0.3) is 0 Å². The number of nitrogens with two attached hydrogens (primary N) is 1. The van der Waals surface area contributed by atoms with Gasteiger partial charge in [-0.1, -0.05) is 0 Å². The number of rotatable bonds is 4. The number of nitrogens with zero attached hydrogens (tertiary/aromatic N) is 1. The molecule has 8 nitrogen and oxygen atoms in total. The van der Waals surface area contributed by atoms with Crippen molar-refractivity contribution in [1.29, 1.82) is 0 Å². The molecule has 0 aromatic heterocycles. The van der Waals surface area contributed by atoms with Crippen molar-refractivity contribution in [1.82, 2.24) is 4.90 Å². The first kappa shape index (κ1) is 17.6. The number of aliphatic carboxylic acids is 1. The molecule has 12 heteroatoms. The lowest BCUT2D eigenvalue weighted by molar-refractivity contribution is -0.347. The second-order valence-corrected chi connectivity index (χ2v) is 5.71. The number of carboxylic acid groups (broad SMARTS) is 1. The number of carbonyl (C=O) groups excluding carboxylic acids is 2. The molecule has 0 aromatic rings. The van der Waals surface area contributed by atoms with E-state index in [1.165, 1.54) is 0 Å². The summed E-state index contributed by atoms with van der Waals surface area (Å²) in [6, 6.07) is 0. The lowest BCUT2D eigenvalue weighted by atomic mass is 10.0. The normalized spacial score (nSPS) is 25.6. The quantitative estimate of drug-likeness (QED) is 0.410. The molecule has 0 saturated carbocycles. The lowest BCUT2D eigenvalue weighted by Gasteiger charge is -2.49. The van der Waals surface area contributed by atoms with E-state index >= 15 is 0 Å². The van der Waals surface area contributed by atoms with Gasteiger partial charge in [-0.05, 0) is 0 Å². The minimum atomic E-state index is -5.02. The summed E-state index contributed by atoms with van der Waals surface area (Å²) in [5.74, 6) is -3.60. The number of carboxylic acids is 1. The van der Waals surface area contributed by atoms with Crippen molar-refractivity contribution in [3.05, 3.63) is 11.3 Å². The molecule has 1 fully saturated rings. The van der Waals surface area contributed by atoms with Crippen molar-refractivity contribution >= 4 is 29.6 Å². The van der Waals surface area contributed by atoms with E-state index in [2.05, 4.69) is 9.47 Å². The summed E-state index contributed by atoms with van der Waals surface area (Å²) in [5, 5.41) is 8.09. The molecule has 0 spiro atoms. The van der Waals surface area contributed by atoms with Gasteiger partial charge in [0.2, 0.25) is 0 Å². The molecule has 0 aromatic carbocycles. The van der Waals surface area contributed by atoms with Crippen LogP contribution in [0.2, 0.25) is 0 Å². The number of ether oxygens (including phenoxy) is 2. The summed E-state index contributed by atoms with van der Waals surface area (Å²) in [5.41, 5.74) is 4.90. The number of β-lactam (4-membered cyclic amide) rings is 1. The highest BCUT2D eigenvalue weighted by molar-refractivity contribution is 8.00. The van der Waals surface area contributed by atoms with Crippen molar-refractivity contribution in [2.45, 2.75) is 31.0 Å². The Hall–Kier alpha value is -1.79. The van der Waals surface area contributed by atoms with Crippen molar-refractivity contribution in [3.8, 4) is 0 Å². The topological polar surface area (TPSA) is 119 Å². The highest BCUT2D eigenvalue weighted by atomic mass is 32.2. The Morgan fingerprint density at radius 3 is 2.57 bits per heavy atom. The predicted octanol–water partition coefficient (Wildman–Crippen LogP) is -0.00690. The minimum absolute atomic E-state index is 0.0761. The van der Waals surface area contributed by atoms with Crippen LogP contribution in [0.15, 0.2) is 11.3 Å². The molecule has 2 rings (SSSR count). The van der Waals surface area contributed by atoms with E-state index in [0.29, 0.717) is 4.90 Å². The third-order valence-electron chi connectivity index (χ3n) is 3.05. The Kier molecular flexibility index (Phi) is 4.59. The molecular formula is C11H11F3N2O6S. The van der Waals surface area contributed by atoms with E-state index in [4.69, 9.17) is 5.73 Å². The number of carbonyl (C=O) groups is 3. The maximum Gasteiger partial charge on any atom is 0.523 e. The Morgan fingerprint density at radius 1 is 1.48 bits per heavy atom. The first-order valence-electron chi connectivity index (χ1n) is 6.11. The van der Waals surface area contributed by atoms with E-state index in [0.717, 1.165) is 18.7 Å². The second-order valence-electron chi connectivity index (χ2n) is 4.60. The van der Waals surface area contributed by atoms with Crippen LogP contribution >= 0.6 is 11.8 Å². The molecule has 3 atom stereocenters. The van der Waals surface area contributed by atoms with Gasteiger partial charge in [-0.15, -0.1) is 24.9 Å². The van der Waals surface area contributed by atoms with Crippen molar-refractivity contribution < 1.29 is 42.1 Å². The van der Waals surface area contributed by atoms with E-state index < -0.39 is 47.6 Å². The van der Waals surface area contributed by atoms with Gasteiger partial charge in [-0.3, -0.25) is 25.0 Å². The molecule has 0 aliphatic carbocycles. The number of esters is 1.